The third-order valence-electron chi connectivity index (χ3n) is 5.83. The maximum absolute atomic E-state index is 13.6. The zero-order valence-electron chi connectivity index (χ0n) is 21.7. The number of ether oxygens (including phenoxy) is 2. The summed E-state index contributed by atoms with van der Waals surface area (Å²) in [5, 5.41) is 4.05. The number of amidine groups is 1. The number of hydrogen-bond donors (Lipinski definition) is 1. The fourth-order valence-corrected chi connectivity index (χ4v) is 5.35. The molecule has 1 aliphatic rings. The Balaban J connectivity index is 1.38. The number of halogens is 2. The van der Waals surface area contributed by atoms with Crippen LogP contribution in [0.15, 0.2) is 107 Å². The lowest BCUT2D eigenvalue weighted by Crippen LogP contribution is -2.28. The zero-order valence-corrected chi connectivity index (χ0v) is 24.0. The van der Waals surface area contributed by atoms with Crippen molar-refractivity contribution < 1.29 is 19.1 Å². The highest BCUT2D eigenvalue weighted by Crippen LogP contribution is 2.40. The third kappa shape index (κ3) is 6.92. The molecule has 0 unspecified atom stereocenters. The number of benzene rings is 4. The van der Waals surface area contributed by atoms with Crippen molar-refractivity contribution >= 4 is 75.1 Å². The van der Waals surface area contributed by atoms with E-state index in [4.69, 9.17) is 37.7 Å². The predicted molar refractivity (Wildman–Crippen MR) is 167 cm³/mol. The fraction of sp³-hybridized carbons (Fsp3) is 0.0645. The third-order valence-corrected chi connectivity index (χ3v) is 7.33. The molecule has 41 heavy (non-hydrogen) atoms. The molecule has 0 radical (unpaired) electrons. The summed E-state index contributed by atoms with van der Waals surface area (Å²) < 4.78 is 11.2. The molecule has 0 aliphatic carbocycles. The summed E-state index contributed by atoms with van der Waals surface area (Å²) in [6.45, 7) is -0.293. The van der Waals surface area contributed by atoms with Crippen LogP contribution in [0.2, 0.25) is 10.0 Å². The number of anilines is 2. The molecule has 1 N–H and O–H groups in total. The number of rotatable bonds is 8. The van der Waals surface area contributed by atoms with Gasteiger partial charge in [-0.3, -0.25) is 14.5 Å². The summed E-state index contributed by atoms with van der Waals surface area (Å²) >= 11 is 13.7. The molecule has 0 spiro atoms. The standard InChI is InChI=1S/C31H23Cl2N3O4S/c1-39-26-17-20(16-25(33)29(26)40-19-28(37)34-23-14-12-21(32)13-15-23)18-27-30(38)36(24-10-6-3-7-11-24)31(41-27)35-22-8-4-2-5-9-22/h2-18H,19H2,1H3,(H,34,37)/b27-18-,35-31?. The number of hydrogen-bond acceptors (Lipinski definition) is 6. The second-order valence-corrected chi connectivity index (χ2v) is 10.5. The van der Waals surface area contributed by atoms with Crippen molar-refractivity contribution in [2.24, 2.45) is 4.99 Å². The Kier molecular flexibility index (Phi) is 8.94. The van der Waals surface area contributed by atoms with E-state index < -0.39 is 0 Å². The van der Waals surface area contributed by atoms with Gasteiger partial charge in [-0.05, 0) is 84.1 Å². The predicted octanol–water partition coefficient (Wildman–Crippen LogP) is 7.83. The van der Waals surface area contributed by atoms with E-state index in [0.29, 0.717) is 37.8 Å². The minimum atomic E-state index is -0.379. The minimum absolute atomic E-state index is 0.213. The van der Waals surface area contributed by atoms with Crippen molar-refractivity contribution in [2.75, 3.05) is 23.9 Å². The highest BCUT2D eigenvalue weighted by atomic mass is 35.5. The average molecular weight is 605 g/mol. The van der Waals surface area contributed by atoms with Gasteiger partial charge in [0.1, 0.15) is 0 Å². The summed E-state index contributed by atoms with van der Waals surface area (Å²) in [4.78, 5) is 32.8. The molecule has 4 aromatic carbocycles. The van der Waals surface area contributed by atoms with Crippen LogP contribution < -0.4 is 19.7 Å². The van der Waals surface area contributed by atoms with Gasteiger partial charge in [0.2, 0.25) is 0 Å². The number of nitrogens with zero attached hydrogens (tertiary/aromatic N) is 2. The number of aliphatic imine (C=N–C) groups is 1. The number of carbonyl (C=O) groups is 2. The van der Waals surface area contributed by atoms with E-state index in [2.05, 4.69) is 5.32 Å². The Bertz CT molecular complexity index is 1630. The molecule has 0 aromatic heterocycles. The molecule has 2 amide bonds. The van der Waals surface area contributed by atoms with Crippen LogP contribution in [0.4, 0.5) is 17.1 Å². The Morgan fingerprint density at radius 1 is 0.976 bits per heavy atom. The van der Waals surface area contributed by atoms with Gasteiger partial charge in [-0.1, -0.05) is 59.6 Å². The van der Waals surface area contributed by atoms with Crippen molar-refractivity contribution in [3.63, 3.8) is 0 Å². The molecule has 5 rings (SSSR count). The first-order valence-corrected chi connectivity index (χ1v) is 14.0. The van der Waals surface area contributed by atoms with Crippen LogP contribution in [0.5, 0.6) is 11.5 Å². The van der Waals surface area contributed by atoms with E-state index in [1.807, 2.05) is 60.7 Å². The molecule has 1 saturated heterocycles. The molecule has 1 fully saturated rings. The first-order chi connectivity index (χ1) is 19.9. The van der Waals surface area contributed by atoms with Crippen molar-refractivity contribution in [3.05, 3.63) is 118 Å². The quantitative estimate of drug-likeness (QED) is 0.208. The number of para-hydroxylation sites is 2. The maximum Gasteiger partial charge on any atom is 0.271 e. The van der Waals surface area contributed by atoms with Gasteiger partial charge >= 0.3 is 0 Å². The van der Waals surface area contributed by atoms with E-state index in [1.54, 1.807) is 47.4 Å². The summed E-state index contributed by atoms with van der Waals surface area (Å²) in [7, 11) is 1.47. The van der Waals surface area contributed by atoms with Crippen LogP contribution >= 0.6 is 35.0 Å². The van der Waals surface area contributed by atoms with E-state index in [9.17, 15) is 9.59 Å². The second-order valence-electron chi connectivity index (χ2n) is 8.69. The highest BCUT2D eigenvalue weighted by Gasteiger charge is 2.34. The average Bonchev–Trinajstić information content (AvgIpc) is 3.28. The van der Waals surface area contributed by atoms with Crippen LogP contribution in [-0.4, -0.2) is 30.7 Å². The number of methoxy groups -OCH3 is 1. The lowest BCUT2D eigenvalue weighted by molar-refractivity contribution is -0.118. The molecule has 1 aliphatic heterocycles. The molecule has 0 bridgehead atoms. The molecule has 0 saturated carbocycles. The van der Waals surface area contributed by atoms with Crippen molar-refractivity contribution in [3.8, 4) is 11.5 Å². The molecule has 4 aromatic rings. The van der Waals surface area contributed by atoms with Crippen molar-refractivity contribution in [2.45, 2.75) is 0 Å². The molecule has 206 valence electrons. The number of nitrogens with one attached hydrogen (secondary N) is 1. The number of amides is 2. The van der Waals surface area contributed by atoms with Crippen LogP contribution in [-0.2, 0) is 9.59 Å². The zero-order chi connectivity index (χ0) is 28.8. The van der Waals surface area contributed by atoms with E-state index in [-0.39, 0.29) is 29.2 Å². The Morgan fingerprint density at radius 2 is 1.66 bits per heavy atom. The van der Waals surface area contributed by atoms with Crippen LogP contribution in [0.25, 0.3) is 6.08 Å². The first kappa shape index (κ1) is 28.3. The number of carbonyl (C=O) groups excluding carboxylic acids is 2. The van der Waals surface area contributed by atoms with E-state index in [1.165, 1.54) is 18.9 Å². The summed E-state index contributed by atoms with van der Waals surface area (Å²) in [6, 6.07) is 28.9. The summed E-state index contributed by atoms with van der Waals surface area (Å²) in [5.41, 5.74) is 2.65. The van der Waals surface area contributed by atoms with Gasteiger partial charge < -0.3 is 14.8 Å². The lowest BCUT2D eigenvalue weighted by Gasteiger charge is -2.15. The summed E-state index contributed by atoms with van der Waals surface area (Å²) in [6.07, 6.45) is 1.72. The van der Waals surface area contributed by atoms with Crippen LogP contribution in [0, 0.1) is 0 Å². The molecular weight excluding hydrogens is 581 g/mol. The largest absolute Gasteiger partial charge is 0.493 e. The molecule has 1 heterocycles. The molecule has 10 heteroatoms. The van der Waals surface area contributed by atoms with Gasteiger partial charge in [0.05, 0.1) is 28.4 Å². The topological polar surface area (TPSA) is 80.2 Å². The van der Waals surface area contributed by atoms with E-state index in [0.717, 1.165) is 5.69 Å². The highest BCUT2D eigenvalue weighted by molar-refractivity contribution is 8.19. The molecule has 0 atom stereocenters. The Morgan fingerprint density at radius 3 is 2.34 bits per heavy atom. The van der Waals surface area contributed by atoms with Crippen molar-refractivity contribution in [1.82, 2.24) is 0 Å². The van der Waals surface area contributed by atoms with E-state index >= 15 is 0 Å². The smallest absolute Gasteiger partial charge is 0.271 e. The summed E-state index contributed by atoms with van der Waals surface area (Å²) in [5.74, 6) is -0.0663. The monoisotopic (exact) mass is 603 g/mol. The van der Waals surface area contributed by atoms with Gasteiger partial charge in [0, 0.05) is 10.7 Å². The van der Waals surface area contributed by atoms with Gasteiger partial charge in [-0.15, -0.1) is 0 Å². The second kappa shape index (κ2) is 13.0. The lowest BCUT2D eigenvalue weighted by atomic mass is 10.1. The Hall–Kier alpha value is -4.24. The van der Waals surface area contributed by atoms with Crippen LogP contribution in [0.1, 0.15) is 5.56 Å². The van der Waals surface area contributed by atoms with Gasteiger partial charge in [0.25, 0.3) is 11.8 Å². The molecule has 7 nitrogen and oxygen atoms in total. The first-order valence-electron chi connectivity index (χ1n) is 12.4. The fourth-order valence-electron chi connectivity index (χ4n) is 3.95. The van der Waals surface area contributed by atoms with Gasteiger partial charge in [0.15, 0.2) is 23.3 Å². The normalized spacial score (nSPS) is 14.9. The van der Waals surface area contributed by atoms with Gasteiger partial charge in [-0.2, -0.15) is 0 Å². The van der Waals surface area contributed by atoms with Gasteiger partial charge in [-0.25, -0.2) is 4.99 Å². The maximum atomic E-state index is 13.6. The molecular formula is C31H23Cl2N3O4S. The van der Waals surface area contributed by atoms with Crippen LogP contribution in [0.3, 0.4) is 0 Å². The Labute approximate surface area is 251 Å². The SMILES string of the molecule is COc1cc(/C=C2\SC(=Nc3ccccc3)N(c3ccccc3)C2=O)cc(Cl)c1OCC(=O)Nc1ccc(Cl)cc1. The van der Waals surface area contributed by atoms with Crippen molar-refractivity contribution in [1.29, 1.82) is 0 Å². The number of thioether (sulfide) groups is 1. The minimum Gasteiger partial charge on any atom is -0.493 e.